The minimum absolute atomic E-state index is 0.0295. The second-order valence-corrected chi connectivity index (χ2v) is 4.96. The lowest BCUT2D eigenvalue weighted by atomic mass is 10.1. The molecule has 4 N–H and O–H groups in total. The van der Waals surface area contributed by atoms with E-state index in [2.05, 4.69) is 10.2 Å². The van der Waals surface area contributed by atoms with Crippen LogP contribution in [0.2, 0.25) is 0 Å². The summed E-state index contributed by atoms with van der Waals surface area (Å²) in [6.45, 7) is 1.56. The number of hydrogen-bond acceptors (Lipinski definition) is 5. The monoisotopic (exact) mass is 263 g/mol. The first-order valence-corrected chi connectivity index (χ1v) is 6.42. The van der Waals surface area contributed by atoms with Gasteiger partial charge in [-0.2, -0.15) is 0 Å². The molecule has 0 radical (unpaired) electrons. The van der Waals surface area contributed by atoms with Crippen LogP contribution in [-0.2, 0) is 4.79 Å². The molecule has 6 heteroatoms. The second-order valence-electron chi connectivity index (χ2n) is 4.96. The number of carbonyl (C=O) groups is 1. The third kappa shape index (κ3) is 2.31. The lowest BCUT2D eigenvalue weighted by molar-refractivity contribution is -0.118. The average molecular weight is 263 g/mol. The third-order valence-corrected chi connectivity index (χ3v) is 3.57. The van der Waals surface area contributed by atoms with Gasteiger partial charge in [-0.05, 0) is 18.9 Å². The van der Waals surface area contributed by atoms with Gasteiger partial charge in [0.05, 0.1) is 23.2 Å². The number of nitrogen functional groups attached to an aromatic ring is 1. The van der Waals surface area contributed by atoms with E-state index in [1.165, 1.54) is 0 Å². The molecule has 1 aromatic carbocycles. The zero-order valence-electron chi connectivity index (χ0n) is 10.6. The number of nitrogens with two attached hydrogens (primary N) is 1. The zero-order chi connectivity index (χ0) is 13.4. The van der Waals surface area contributed by atoms with E-state index in [1.807, 2.05) is 6.07 Å². The first kappa shape index (κ1) is 12.1. The summed E-state index contributed by atoms with van der Waals surface area (Å²) in [6, 6.07) is 3.59. The van der Waals surface area contributed by atoms with Crippen LogP contribution in [0.15, 0.2) is 12.1 Å². The number of amides is 1. The molecule has 0 atom stereocenters. The van der Waals surface area contributed by atoms with Gasteiger partial charge in [0.1, 0.15) is 5.75 Å². The maximum atomic E-state index is 11.3. The summed E-state index contributed by atoms with van der Waals surface area (Å²) in [5.74, 6) is 0.454. The summed E-state index contributed by atoms with van der Waals surface area (Å²) in [4.78, 5) is 13.5. The Labute approximate surface area is 111 Å². The minimum atomic E-state index is -0.224. The van der Waals surface area contributed by atoms with Crippen molar-refractivity contribution in [2.24, 2.45) is 0 Å². The van der Waals surface area contributed by atoms with E-state index in [9.17, 15) is 9.90 Å². The molecule has 1 fully saturated rings. The van der Waals surface area contributed by atoms with Gasteiger partial charge in [-0.3, -0.25) is 4.79 Å². The molecule has 102 valence electrons. The number of carbonyl (C=O) groups excluding carboxylic acids is 1. The number of nitrogens with one attached hydrogen (secondary N) is 1. The van der Waals surface area contributed by atoms with Crippen LogP contribution in [-0.4, -0.2) is 36.8 Å². The Morgan fingerprint density at radius 2 is 2.11 bits per heavy atom. The fourth-order valence-electron chi connectivity index (χ4n) is 2.51. The number of rotatable bonds is 1. The van der Waals surface area contributed by atoms with Crippen LogP contribution >= 0.6 is 0 Å². The van der Waals surface area contributed by atoms with Crippen molar-refractivity contribution in [3.8, 4) is 5.75 Å². The maximum Gasteiger partial charge on any atom is 0.262 e. The molecule has 2 aliphatic heterocycles. The summed E-state index contributed by atoms with van der Waals surface area (Å²) >= 11 is 0. The first-order valence-electron chi connectivity index (χ1n) is 6.42. The zero-order valence-corrected chi connectivity index (χ0v) is 10.6. The van der Waals surface area contributed by atoms with Gasteiger partial charge < -0.3 is 25.8 Å². The van der Waals surface area contributed by atoms with E-state index < -0.39 is 0 Å². The van der Waals surface area contributed by atoms with Crippen molar-refractivity contribution in [2.75, 3.05) is 35.6 Å². The smallest absolute Gasteiger partial charge is 0.262 e. The van der Waals surface area contributed by atoms with Gasteiger partial charge in [-0.15, -0.1) is 0 Å². The summed E-state index contributed by atoms with van der Waals surface area (Å²) in [5, 5.41) is 12.3. The van der Waals surface area contributed by atoms with Crippen LogP contribution in [0.3, 0.4) is 0 Å². The number of hydrogen-bond donors (Lipinski definition) is 3. The van der Waals surface area contributed by atoms with E-state index >= 15 is 0 Å². The highest BCUT2D eigenvalue weighted by molar-refractivity contribution is 5.97. The molecule has 1 saturated heterocycles. The van der Waals surface area contributed by atoms with Gasteiger partial charge in [0, 0.05) is 19.2 Å². The third-order valence-electron chi connectivity index (χ3n) is 3.57. The van der Waals surface area contributed by atoms with Crippen molar-refractivity contribution < 1.29 is 14.6 Å². The van der Waals surface area contributed by atoms with Crippen LogP contribution in [0, 0.1) is 0 Å². The highest BCUT2D eigenvalue weighted by atomic mass is 16.5. The number of ether oxygens (including phenoxy) is 1. The SMILES string of the molecule is Nc1cc2c(cc1N1CCC(O)CC1)NC(=O)CO2. The number of aliphatic hydroxyl groups is 1. The summed E-state index contributed by atoms with van der Waals surface area (Å²) < 4.78 is 5.33. The van der Waals surface area contributed by atoms with Crippen LogP contribution in [0.25, 0.3) is 0 Å². The van der Waals surface area contributed by atoms with E-state index in [4.69, 9.17) is 10.5 Å². The van der Waals surface area contributed by atoms with Crippen LogP contribution in [0.1, 0.15) is 12.8 Å². The number of aliphatic hydroxyl groups excluding tert-OH is 1. The fraction of sp³-hybridized carbons (Fsp3) is 0.462. The standard InChI is InChI=1S/C13H17N3O3/c14-9-5-12-10(15-13(18)7-19-12)6-11(9)16-3-1-8(17)2-4-16/h5-6,8,17H,1-4,7,14H2,(H,15,18). The van der Waals surface area contributed by atoms with E-state index in [-0.39, 0.29) is 18.6 Å². The van der Waals surface area contributed by atoms with Crippen LogP contribution in [0.4, 0.5) is 17.1 Å². The van der Waals surface area contributed by atoms with Gasteiger partial charge in [0.15, 0.2) is 6.61 Å². The number of benzene rings is 1. The molecule has 0 unspecified atom stereocenters. The highest BCUT2D eigenvalue weighted by Gasteiger charge is 2.23. The molecule has 2 heterocycles. The van der Waals surface area contributed by atoms with Crippen molar-refractivity contribution in [2.45, 2.75) is 18.9 Å². The molecule has 0 aliphatic carbocycles. The van der Waals surface area contributed by atoms with E-state index in [0.29, 0.717) is 17.1 Å². The van der Waals surface area contributed by atoms with Crippen molar-refractivity contribution in [3.05, 3.63) is 12.1 Å². The lowest BCUT2D eigenvalue weighted by Gasteiger charge is -2.33. The molecule has 0 bridgehead atoms. The molecule has 0 saturated carbocycles. The molecular weight excluding hydrogens is 246 g/mol. The maximum absolute atomic E-state index is 11.3. The molecule has 19 heavy (non-hydrogen) atoms. The fourth-order valence-corrected chi connectivity index (χ4v) is 2.51. The van der Waals surface area contributed by atoms with Gasteiger partial charge in [0.25, 0.3) is 5.91 Å². The predicted molar refractivity (Wildman–Crippen MR) is 72.4 cm³/mol. The Morgan fingerprint density at radius 1 is 1.37 bits per heavy atom. The quantitative estimate of drug-likeness (QED) is 0.644. The van der Waals surface area contributed by atoms with E-state index in [0.717, 1.165) is 31.6 Å². The molecule has 1 amide bonds. The van der Waals surface area contributed by atoms with Crippen LogP contribution < -0.4 is 20.7 Å². The van der Waals surface area contributed by atoms with Crippen molar-refractivity contribution >= 4 is 23.0 Å². The highest BCUT2D eigenvalue weighted by Crippen LogP contribution is 2.37. The Balaban J connectivity index is 1.89. The predicted octanol–water partition coefficient (Wildman–Crippen LogP) is 0.561. The Kier molecular flexibility index (Phi) is 2.94. The van der Waals surface area contributed by atoms with Gasteiger partial charge in [-0.25, -0.2) is 0 Å². The molecule has 6 nitrogen and oxygen atoms in total. The van der Waals surface area contributed by atoms with E-state index in [1.54, 1.807) is 6.07 Å². The number of fused-ring (bicyclic) bond motifs is 1. The number of piperidine rings is 1. The Morgan fingerprint density at radius 3 is 2.84 bits per heavy atom. The lowest BCUT2D eigenvalue weighted by Crippen LogP contribution is -2.36. The number of anilines is 3. The summed E-state index contributed by atoms with van der Waals surface area (Å²) in [5.41, 5.74) is 8.22. The average Bonchev–Trinajstić information content (AvgIpc) is 2.40. The molecule has 0 spiro atoms. The summed E-state index contributed by atoms with van der Waals surface area (Å²) in [7, 11) is 0. The molecule has 1 aromatic rings. The second kappa shape index (κ2) is 4.62. The minimum Gasteiger partial charge on any atom is -0.482 e. The Bertz CT molecular complexity index is 510. The molecule has 3 rings (SSSR count). The molecule has 0 aromatic heterocycles. The first-order chi connectivity index (χ1) is 9.13. The van der Waals surface area contributed by atoms with Crippen molar-refractivity contribution in [1.82, 2.24) is 0 Å². The van der Waals surface area contributed by atoms with Crippen molar-refractivity contribution in [1.29, 1.82) is 0 Å². The normalized spacial score (nSPS) is 19.6. The van der Waals surface area contributed by atoms with Crippen molar-refractivity contribution in [3.63, 3.8) is 0 Å². The Hall–Kier alpha value is -1.95. The van der Waals surface area contributed by atoms with Gasteiger partial charge in [0.2, 0.25) is 0 Å². The largest absolute Gasteiger partial charge is 0.482 e. The van der Waals surface area contributed by atoms with Gasteiger partial charge >= 0.3 is 0 Å². The summed E-state index contributed by atoms with van der Waals surface area (Å²) in [6.07, 6.45) is 1.25. The topological polar surface area (TPSA) is 87.8 Å². The molecular formula is C13H17N3O3. The molecule has 2 aliphatic rings. The van der Waals surface area contributed by atoms with Gasteiger partial charge in [-0.1, -0.05) is 0 Å². The number of nitrogens with zero attached hydrogens (tertiary/aromatic N) is 1. The van der Waals surface area contributed by atoms with Crippen LogP contribution in [0.5, 0.6) is 5.75 Å².